The molecule has 5 rings (SSSR count). The van der Waals surface area contributed by atoms with E-state index in [4.69, 9.17) is 17.3 Å². The van der Waals surface area contributed by atoms with Crippen LogP contribution < -0.4 is 16.0 Å². The van der Waals surface area contributed by atoms with Crippen LogP contribution in [0, 0.1) is 0 Å². The molecule has 4 aromatic rings. The van der Waals surface area contributed by atoms with Crippen molar-refractivity contribution >= 4 is 40.1 Å². The second-order valence-corrected chi connectivity index (χ2v) is 11.0. The second kappa shape index (κ2) is 12.1. The number of piperazine rings is 1. The average molecular weight is 559 g/mol. The Bertz CT molecular complexity index is 1490. The number of hydrogen-bond acceptors (Lipinski definition) is 5. The molecule has 1 aliphatic rings. The molecule has 0 aliphatic carbocycles. The van der Waals surface area contributed by atoms with Crippen LogP contribution in [-0.2, 0) is 16.0 Å². The summed E-state index contributed by atoms with van der Waals surface area (Å²) in [6.07, 6.45) is 3.96. The summed E-state index contributed by atoms with van der Waals surface area (Å²) in [5.74, 6) is -0.527. The lowest BCUT2D eigenvalue weighted by molar-refractivity contribution is -0.133. The van der Waals surface area contributed by atoms with Gasteiger partial charge in [-0.1, -0.05) is 61.8 Å². The van der Waals surface area contributed by atoms with E-state index in [2.05, 4.69) is 34.0 Å². The van der Waals surface area contributed by atoms with Gasteiger partial charge in [0.05, 0.1) is 18.0 Å². The first-order chi connectivity index (χ1) is 19.3. The van der Waals surface area contributed by atoms with E-state index in [9.17, 15) is 9.59 Å². The predicted molar refractivity (Wildman–Crippen MR) is 161 cm³/mol. The van der Waals surface area contributed by atoms with Crippen molar-refractivity contribution in [2.45, 2.75) is 32.2 Å². The van der Waals surface area contributed by atoms with Crippen LogP contribution in [0.15, 0.2) is 67.0 Å². The number of fused-ring (bicyclic) bond motifs is 1. The fourth-order valence-electron chi connectivity index (χ4n) is 5.36. The first-order valence-corrected chi connectivity index (χ1v) is 14.0. The van der Waals surface area contributed by atoms with Crippen molar-refractivity contribution in [1.29, 1.82) is 0 Å². The number of anilines is 1. The summed E-state index contributed by atoms with van der Waals surface area (Å²) >= 11 is 6.12. The number of rotatable bonds is 9. The van der Waals surface area contributed by atoms with Crippen molar-refractivity contribution < 1.29 is 9.59 Å². The van der Waals surface area contributed by atoms with Gasteiger partial charge < -0.3 is 25.8 Å². The normalized spacial score (nSPS) is 14.6. The molecule has 208 valence electrons. The van der Waals surface area contributed by atoms with Gasteiger partial charge in [0.2, 0.25) is 11.8 Å². The lowest BCUT2D eigenvalue weighted by atomic mass is 9.96. The molecule has 40 heavy (non-hydrogen) atoms. The molecule has 0 saturated carbocycles. The van der Waals surface area contributed by atoms with Crippen molar-refractivity contribution in [1.82, 2.24) is 20.2 Å². The molecule has 0 unspecified atom stereocenters. The number of hydrogen-bond donors (Lipinski definition) is 3. The Balaban J connectivity index is 1.39. The summed E-state index contributed by atoms with van der Waals surface area (Å²) in [6.45, 7) is 7.34. The average Bonchev–Trinajstić information content (AvgIpc) is 3.42. The third-order valence-corrected chi connectivity index (χ3v) is 7.63. The van der Waals surface area contributed by atoms with E-state index in [0.717, 1.165) is 39.0 Å². The third kappa shape index (κ3) is 6.13. The number of nitrogens with zero attached hydrogens (tertiary/aromatic N) is 3. The van der Waals surface area contributed by atoms with Crippen LogP contribution >= 0.6 is 11.6 Å². The maximum Gasteiger partial charge on any atom is 0.231 e. The highest BCUT2D eigenvalue weighted by Gasteiger charge is 2.30. The fourth-order valence-corrected chi connectivity index (χ4v) is 5.49. The monoisotopic (exact) mass is 558 g/mol. The van der Waals surface area contributed by atoms with E-state index in [1.165, 1.54) is 0 Å². The Morgan fingerprint density at radius 2 is 1.82 bits per heavy atom. The summed E-state index contributed by atoms with van der Waals surface area (Å²) in [5.41, 5.74) is 11.1. The van der Waals surface area contributed by atoms with Gasteiger partial charge in [-0.25, -0.2) is 4.98 Å². The zero-order valence-corrected chi connectivity index (χ0v) is 23.6. The van der Waals surface area contributed by atoms with Crippen LogP contribution in [0.25, 0.3) is 22.2 Å². The minimum Gasteiger partial charge on any atom is -0.369 e. The lowest BCUT2D eigenvalue weighted by Gasteiger charge is -2.38. The maximum atomic E-state index is 13.8. The molecule has 1 aliphatic heterocycles. The zero-order chi connectivity index (χ0) is 28.2. The number of benzene rings is 2. The lowest BCUT2D eigenvalue weighted by Crippen LogP contribution is -2.51. The summed E-state index contributed by atoms with van der Waals surface area (Å²) < 4.78 is 0. The van der Waals surface area contributed by atoms with E-state index in [1.807, 2.05) is 71.9 Å². The molecule has 1 atom stereocenters. The van der Waals surface area contributed by atoms with Crippen molar-refractivity contribution in [3.8, 4) is 11.1 Å². The van der Waals surface area contributed by atoms with Crippen molar-refractivity contribution in [2.24, 2.45) is 5.73 Å². The number of primary amides is 1. The van der Waals surface area contributed by atoms with Crippen LogP contribution in [0.4, 0.5) is 5.69 Å². The number of halogens is 1. The molecule has 2 aromatic heterocycles. The quantitative estimate of drug-likeness (QED) is 0.283. The topological polar surface area (TPSA) is 107 Å². The van der Waals surface area contributed by atoms with Crippen LogP contribution in [0.3, 0.4) is 0 Å². The van der Waals surface area contributed by atoms with Gasteiger partial charge in [-0.3, -0.25) is 9.59 Å². The highest BCUT2D eigenvalue weighted by molar-refractivity contribution is 6.30. The van der Waals surface area contributed by atoms with Gasteiger partial charge in [-0.2, -0.15) is 0 Å². The fraction of sp³-hybridized carbons (Fsp3) is 0.323. The van der Waals surface area contributed by atoms with E-state index in [0.29, 0.717) is 37.7 Å². The molecule has 4 N–H and O–H groups in total. The smallest absolute Gasteiger partial charge is 0.231 e. The highest BCUT2D eigenvalue weighted by atomic mass is 35.5. The molecule has 3 heterocycles. The molecule has 1 saturated heterocycles. The van der Waals surface area contributed by atoms with Gasteiger partial charge in [-0.15, -0.1) is 0 Å². The maximum absolute atomic E-state index is 13.8. The number of aromatic amines is 1. The minimum atomic E-state index is -0.363. The van der Waals surface area contributed by atoms with Gasteiger partial charge >= 0.3 is 0 Å². The zero-order valence-electron chi connectivity index (χ0n) is 22.9. The van der Waals surface area contributed by atoms with Crippen molar-refractivity contribution in [3.05, 3.63) is 83.1 Å². The van der Waals surface area contributed by atoms with Gasteiger partial charge in [0.15, 0.2) is 0 Å². The summed E-state index contributed by atoms with van der Waals surface area (Å²) in [7, 11) is 0. The number of carbonyl (C=O) groups excluding carboxylic acids is 2. The number of carbonyl (C=O) groups is 2. The standard InChI is InChI=1S/C31H35ClN6O2/c1-20(2)35-19-27(22-6-8-24(32)9-7-22)31(40)38-14-12-37(13-15-38)29-25-10-11-34-30(25)36-18-26(29)23-5-3-4-21(16-23)17-28(33)39/h3-11,16,18,20,27,35H,12-15,17,19H2,1-2H3,(H2,33,39)(H,34,36)/t27-/m1/s1. The van der Waals surface area contributed by atoms with Crippen LogP contribution in [0.2, 0.25) is 5.02 Å². The van der Waals surface area contributed by atoms with Crippen molar-refractivity contribution in [3.63, 3.8) is 0 Å². The van der Waals surface area contributed by atoms with E-state index < -0.39 is 0 Å². The first kappa shape index (κ1) is 27.7. The predicted octanol–water partition coefficient (Wildman–Crippen LogP) is 4.34. The molecule has 8 nitrogen and oxygen atoms in total. The third-order valence-electron chi connectivity index (χ3n) is 7.38. The van der Waals surface area contributed by atoms with Crippen LogP contribution in [-0.4, -0.2) is 65.4 Å². The SMILES string of the molecule is CC(C)NC[C@@H](C(=O)N1CCN(c2c(-c3cccc(CC(N)=O)c3)cnc3[nH]ccc23)CC1)c1ccc(Cl)cc1. The van der Waals surface area contributed by atoms with E-state index in [-0.39, 0.29) is 30.2 Å². The Morgan fingerprint density at radius 1 is 1.07 bits per heavy atom. The Morgan fingerprint density at radius 3 is 2.52 bits per heavy atom. The van der Waals surface area contributed by atoms with E-state index in [1.54, 1.807) is 0 Å². The number of pyridine rings is 1. The van der Waals surface area contributed by atoms with Crippen LogP contribution in [0.1, 0.15) is 30.9 Å². The first-order valence-electron chi connectivity index (χ1n) is 13.7. The molecular weight excluding hydrogens is 524 g/mol. The molecule has 9 heteroatoms. The number of nitrogens with one attached hydrogen (secondary N) is 2. The Hall–Kier alpha value is -3.88. The molecule has 0 bridgehead atoms. The van der Waals surface area contributed by atoms with Gasteiger partial charge in [0, 0.05) is 67.1 Å². The summed E-state index contributed by atoms with van der Waals surface area (Å²) in [6, 6.07) is 17.8. The van der Waals surface area contributed by atoms with Crippen LogP contribution in [0.5, 0.6) is 0 Å². The number of amides is 2. The molecule has 0 spiro atoms. The Labute approximate surface area is 239 Å². The second-order valence-electron chi connectivity index (χ2n) is 10.6. The largest absolute Gasteiger partial charge is 0.369 e. The van der Waals surface area contributed by atoms with E-state index >= 15 is 0 Å². The molecule has 2 aromatic carbocycles. The van der Waals surface area contributed by atoms with Gasteiger partial charge in [0.25, 0.3) is 0 Å². The highest BCUT2D eigenvalue weighted by Crippen LogP contribution is 2.37. The van der Waals surface area contributed by atoms with Gasteiger partial charge in [0.1, 0.15) is 5.65 Å². The van der Waals surface area contributed by atoms with Gasteiger partial charge in [-0.05, 0) is 34.9 Å². The minimum absolute atomic E-state index is 0.121. The van der Waals surface area contributed by atoms with Crippen molar-refractivity contribution in [2.75, 3.05) is 37.6 Å². The Kier molecular flexibility index (Phi) is 8.38. The summed E-state index contributed by atoms with van der Waals surface area (Å²) in [4.78, 5) is 37.5. The molecule has 2 amide bonds. The molecule has 1 fully saturated rings. The number of H-pyrrole nitrogens is 1. The molecular formula is C31H35ClN6O2. The summed E-state index contributed by atoms with van der Waals surface area (Å²) in [5, 5.41) is 5.13. The molecule has 0 radical (unpaired) electrons. The number of aromatic nitrogens is 2. The number of nitrogens with two attached hydrogens (primary N) is 1.